The summed E-state index contributed by atoms with van der Waals surface area (Å²) in [6.07, 6.45) is 6.33. The summed E-state index contributed by atoms with van der Waals surface area (Å²) in [4.78, 5) is 41.6. The van der Waals surface area contributed by atoms with Gasteiger partial charge in [0.2, 0.25) is 11.8 Å². The van der Waals surface area contributed by atoms with Gasteiger partial charge in [-0.15, -0.1) is 0 Å². The van der Waals surface area contributed by atoms with Crippen LogP contribution in [0.3, 0.4) is 0 Å². The molecule has 2 atom stereocenters. The number of nitrogens with one attached hydrogen (secondary N) is 2. The molecule has 0 heterocycles. The Kier molecular flexibility index (Phi) is 14.6. The monoisotopic (exact) mass is 521 g/mol. The molecule has 1 aromatic rings. The third kappa shape index (κ3) is 11.2. The Hall–Kier alpha value is -2.22. The Morgan fingerprint density at radius 2 is 1.69 bits per heavy atom. The molecule has 0 bridgehead atoms. The van der Waals surface area contributed by atoms with Crippen LogP contribution in [0.1, 0.15) is 90.8 Å². The number of ether oxygens (including phenoxy) is 1. The van der Waals surface area contributed by atoms with Gasteiger partial charge in [0.05, 0.1) is 0 Å². The summed E-state index contributed by atoms with van der Waals surface area (Å²) in [5.41, 5.74) is 1.25. The van der Waals surface area contributed by atoms with Crippen molar-refractivity contribution in [2.45, 2.75) is 97.8 Å². The van der Waals surface area contributed by atoms with Crippen LogP contribution >= 0.6 is 11.8 Å². The summed E-state index contributed by atoms with van der Waals surface area (Å²) in [7, 11) is 0. The first-order valence-corrected chi connectivity index (χ1v) is 14.6. The lowest BCUT2D eigenvalue weighted by molar-refractivity contribution is -0.142. The Labute approximate surface area is 222 Å². The van der Waals surface area contributed by atoms with Crippen LogP contribution in [-0.4, -0.2) is 59.5 Å². The number of thioether (sulfide) groups is 1. The number of hydrogen-bond acceptors (Lipinski definition) is 5. The van der Waals surface area contributed by atoms with Crippen LogP contribution in [0.2, 0.25) is 0 Å². The predicted molar refractivity (Wildman–Crippen MR) is 149 cm³/mol. The predicted octanol–water partition coefficient (Wildman–Crippen LogP) is 5.48. The van der Waals surface area contributed by atoms with Crippen molar-refractivity contribution >= 4 is 29.7 Å². The van der Waals surface area contributed by atoms with Gasteiger partial charge in [-0.05, 0) is 69.6 Å². The molecule has 0 saturated heterocycles. The zero-order valence-corrected chi connectivity index (χ0v) is 24.1. The zero-order valence-electron chi connectivity index (χ0n) is 23.3. The van der Waals surface area contributed by atoms with Gasteiger partial charge in [0.1, 0.15) is 17.7 Å². The molecule has 204 valence electrons. The van der Waals surface area contributed by atoms with E-state index in [-0.39, 0.29) is 11.8 Å². The zero-order chi connectivity index (χ0) is 27.1. The minimum atomic E-state index is -0.788. The first kappa shape index (κ1) is 31.8. The van der Waals surface area contributed by atoms with Crippen molar-refractivity contribution in [3.8, 4) is 0 Å². The van der Waals surface area contributed by atoms with Crippen molar-refractivity contribution in [3.05, 3.63) is 35.4 Å². The standard InChI is InChI=1S/C28H47N3O4S/c1-8-11-12-18-29-25(32)24(22-15-13-21(10-3)14-16-22)31(19-9-2)26(33)23(17-20-36-7)30-27(34)35-28(4,5)6/h13-16,23-24H,8-12,17-20H2,1-7H3,(H,29,32)(H,30,34). The number of nitrogens with zero attached hydrogens (tertiary/aromatic N) is 1. The minimum absolute atomic E-state index is 0.196. The number of benzene rings is 1. The van der Waals surface area contributed by atoms with Gasteiger partial charge in [0.15, 0.2) is 0 Å². The average molecular weight is 522 g/mol. The summed E-state index contributed by atoms with van der Waals surface area (Å²) in [6.45, 7) is 12.5. The number of amides is 3. The van der Waals surface area contributed by atoms with E-state index in [0.717, 1.165) is 31.2 Å². The van der Waals surface area contributed by atoms with Crippen molar-refractivity contribution in [2.75, 3.05) is 25.1 Å². The van der Waals surface area contributed by atoms with Gasteiger partial charge in [0.25, 0.3) is 0 Å². The molecule has 0 saturated carbocycles. The molecule has 0 aliphatic rings. The fourth-order valence-electron chi connectivity index (χ4n) is 3.84. The van der Waals surface area contributed by atoms with E-state index < -0.39 is 23.8 Å². The van der Waals surface area contributed by atoms with Crippen LogP contribution < -0.4 is 10.6 Å². The van der Waals surface area contributed by atoms with Crippen molar-refractivity contribution in [1.29, 1.82) is 0 Å². The highest BCUT2D eigenvalue weighted by Crippen LogP contribution is 2.24. The maximum absolute atomic E-state index is 13.9. The SMILES string of the molecule is CCCCCNC(=O)C(c1ccc(CC)cc1)N(CCC)C(=O)C(CCSC)NC(=O)OC(C)(C)C. The average Bonchev–Trinajstić information content (AvgIpc) is 2.83. The lowest BCUT2D eigenvalue weighted by Crippen LogP contribution is -2.53. The molecule has 7 nitrogen and oxygen atoms in total. The number of unbranched alkanes of at least 4 members (excludes halogenated alkanes) is 2. The fourth-order valence-corrected chi connectivity index (χ4v) is 4.31. The summed E-state index contributed by atoms with van der Waals surface area (Å²) < 4.78 is 5.43. The molecule has 8 heteroatoms. The van der Waals surface area contributed by atoms with E-state index in [1.54, 1.807) is 37.4 Å². The highest BCUT2D eigenvalue weighted by Gasteiger charge is 2.35. The van der Waals surface area contributed by atoms with Crippen molar-refractivity contribution in [3.63, 3.8) is 0 Å². The lowest BCUT2D eigenvalue weighted by atomic mass is 10.00. The quantitative estimate of drug-likeness (QED) is 0.298. The Morgan fingerprint density at radius 1 is 1.03 bits per heavy atom. The molecule has 1 aromatic carbocycles. The minimum Gasteiger partial charge on any atom is -0.444 e. The van der Waals surface area contributed by atoms with E-state index in [2.05, 4.69) is 24.5 Å². The second-order valence-electron chi connectivity index (χ2n) is 10.0. The van der Waals surface area contributed by atoms with E-state index in [1.807, 2.05) is 37.4 Å². The Balaban J connectivity index is 3.33. The molecule has 0 aliphatic carbocycles. The Morgan fingerprint density at radius 3 is 2.22 bits per heavy atom. The summed E-state index contributed by atoms with van der Waals surface area (Å²) in [6, 6.07) is 6.31. The van der Waals surface area contributed by atoms with Crippen LogP contribution in [0.4, 0.5) is 4.79 Å². The van der Waals surface area contributed by atoms with Gasteiger partial charge in [-0.2, -0.15) is 11.8 Å². The second-order valence-corrected chi connectivity index (χ2v) is 11.0. The molecule has 0 aliphatic heterocycles. The number of alkyl carbamates (subject to hydrolysis) is 1. The summed E-state index contributed by atoms with van der Waals surface area (Å²) >= 11 is 1.60. The number of aryl methyl sites for hydroxylation is 1. The normalized spacial score (nSPS) is 13.0. The second kappa shape index (κ2) is 16.5. The number of carbonyl (C=O) groups is 3. The molecular formula is C28H47N3O4S. The van der Waals surface area contributed by atoms with Crippen molar-refractivity contribution < 1.29 is 19.1 Å². The van der Waals surface area contributed by atoms with Crippen LogP contribution in [0.5, 0.6) is 0 Å². The van der Waals surface area contributed by atoms with Gasteiger partial charge in [0, 0.05) is 13.1 Å². The molecule has 2 N–H and O–H groups in total. The van der Waals surface area contributed by atoms with Crippen LogP contribution in [0.25, 0.3) is 0 Å². The largest absolute Gasteiger partial charge is 0.444 e. The molecule has 2 unspecified atom stereocenters. The van der Waals surface area contributed by atoms with E-state index >= 15 is 0 Å². The maximum Gasteiger partial charge on any atom is 0.408 e. The first-order chi connectivity index (χ1) is 17.1. The molecule has 0 aromatic heterocycles. The molecule has 3 amide bonds. The highest BCUT2D eigenvalue weighted by atomic mass is 32.2. The molecule has 36 heavy (non-hydrogen) atoms. The third-order valence-electron chi connectivity index (χ3n) is 5.69. The molecule has 0 radical (unpaired) electrons. The number of hydrogen-bond donors (Lipinski definition) is 2. The van der Waals surface area contributed by atoms with Crippen molar-refractivity contribution in [2.24, 2.45) is 0 Å². The van der Waals surface area contributed by atoms with Gasteiger partial charge < -0.3 is 20.3 Å². The number of rotatable bonds is 15. The van der Waals surface area contributed by atoms with Crippen molar-refractivity contribution in [1.82, 2.24) is 15.5 Å². The van der Waals surface area contributed by atoms with Crippen LogP contribution in [0.15, 0.2) is 24.3 Å². The van der Waals surface area contributed by atoms with E-state index in [4.69, 9.17) is 4.74 Å². The van der Waals surface area contributed by atoms with E-state index in [9.17, 15) is 14.4 Å². The van der Waals surface area contributed by atoms with Crippen LogP contribution in [-0.2, 0) is 20.7 Å². The first-order valence-electron chi connectivity index (χ1n) is 13.2. The van der Waals surface area contributed by atoms with Gasteiger partial charge >= 0.3 is 6.09 Å². The van der Waals surface area contributed by atoms with Gasteiger partial charge in [-0.1, -0.05) is 57.9 Å². The summed E-state index contributed by atoms with van der Waals surface area (Å²) in [5, 5.41) is 5.82. The third-order valence-corrected chi connectivity index (χ3v) is 6.33. The summed E-state index contributed by atoms with van der Waals surface area (Å²) in [5.74, 6) is 0.216. The molecule has 1 rings (SSSR count). The lowest BCUT2D eigenvalue weighted by Gasteiger charge is -2.34. The molecular weight excluding hydrogens is 474 g/mol. The smallest absolute Gasteiger partial charge is 0.408 e. The van der Waals surface area contributed by atoms with Gasteiger partial charge in [-0.25, -0.2) is 4.79 Å². The molecule has 0 spiro atoms. The number of carbonyl (C=O) groups excluding carboxylic acids is 3. The van der Waals surface area contributed by atoms with E-state index in [0.29, 0.717) is 31.7 Å². The van der Waals surface area contributed by atoms with Crippen LogP contribution in [0, 0.1) is 0 Å². The van der Waals surface area contributed by atoms with E-state index in [1.165, 1.54) is 5.56 Å². The topological polar surface area (TPSA) is 87.7 Å². The van der Waals surface area contributed by atoms with Gasteiger partial charge in [-0.3, -0.25) is 9.59 Å². The fraction of sp³-hybridized carbons (Fsp3) is 0.679. The highest BCUT2D eigenvalue weighted by molar-refractivity contribution is 7.98. The molecule has 0 fully saturated rings. The Bertz CT molecular complexity index is 808. The maximum atomic E-state index is 13.9.